The van der Waals surface area contributed by atoms with Crippen molar-refractivity contribution in [2.24, 2.45) is 9.98 Å². The second kappa shape index (κ2) is 24.1. The molecule has 0 aromatic heterocycles. The maximum atomic E-state index is 14.2. The van der Waals surface area contributed by atoms with E-state index >= 15 is 0 Å². The molecule has 4 aliphatic heterocycles. The maximum Gasteiger partial charge on any atom is 0.261 e. The number of methoxy groups -OCH3 is 1. The molecular formula is C61H72N6O8S. The third kappa shape index (κ3) is 12.4. The quantitative estimate of drug-likeness (QED) is 0.0550. The molecule has 9 rings (SSSR count). The molecular weight excluding hydrogens is 977 g/mol. The fourth-order valence-corrected chi connectivity index (χ4v) is 12.3. The number of carbonyl (C=O) groups excluding carboxylic acids is 3. The van der Waals surface area contributed by atoms with Crippen LogP contribution in [0.3, 0.4) is 0 Å². The number of anilines is 3. The van der Waals surface area contributed by atoms with Crippen LogP contribution in [0.25, 0.3) is 0 Å². The number of aliphatic imine (C=N–C) groups is 2. The molecule has 4 aliphatic rings. The van der Waals surface area contributed by atoms with Crippen molar-refractivity contribution in [3.63, 3.8) is 0 Å². The van der Waals surface area contributed by atoms with E-state index in [9.17, 15) is 14.4 Å². The van der Waals surface area contributed by atoms with Crippen molar-refractivity contribution < 1.29 is 38.1 Å². The average molecular weight is 1050 g/mol. The van der Waals surface area contributed by atoms with Gasteiger partial charge in [-0.1, -0.05) is 57.2 Å². The number of benzene rings is 5. The highest BCUT2D eigenvalue weighted by Crippen LogP contribution is 2.42. The van der Waals surface area contributed by atoms with Crippen LogP contribution in [0.2, 0.25) is 0 Å². The molecule has 0 radical (unpaired) electrons. The van der Waals surface area contributed by atoms with E-state index in [-0.39, 0.29) is 47.8 Å². The first-order valence-corrected chi connectivity index (χ1v) is 27.6. The van der Waals surface area contributed by atoms with E-state index in [0.29, 0.717) is 117 Å². The van der Waals surface area contributed by atoms with Gasteiger partial charge in [-0.15, -0.1) is 0 Å². The van der Waals surface area contributed by atoms with E-state index < -0.39 is 0 Å². The molecule has 15 heteroatoms. The van der Waals surface area contributed by atoms with Gasteiger partial charge in [0.25, 0.3) is 11.8 Å². The first-order valence-electron chi connectivity index (χ1n) is 26.7. The Hall–Kier alpha value is -6.68. The standard InChI is InChI=1S/C61H72N6O8S/c1-9-22-72-24-25-73-23-21-65(20-14-19-58(68)64(7)39-61(5,6)76-40(2)3)46-28-42(37-74-55-33-51-49(26-41(55)4)59(69)66-47(35-62-51)30-44-15-10-12-17-53(44)66)27-43(29-46)38-75-57-34-52-50(32-56(57)71-8)60(70)67-48(36-63-52)31-45-16-11-13-18-54(45)67/h10-13,15-18,26-29,32-36,40,47-48H,9,14,19-25,30-31,37-39H2,1-8H3/t47-,48-/m0/s1. The van der Waals surface area contributed by atoms with Gasteiger partial charge < -0.3 is 33.5 Å². The summed E-state index contributed by atoms with van der Waals surface area (Å²) in [6, 6.07) is 29.2. The highest BCUT2D eigenvalue weighted by atomic mass is 32.2. The Morgan fingerprint density at radius 3 is 1.89 bits per heavy atom. The summed E-state index contributed by atoms with van der Waals surface area (Å²) >= 11 is 1.88. The molecule has 3 amide bonds. The first kappa shape index (κ1) is 54.1. The summed E-state index contributed by atoms with van der Waals surface area (Å²) in [6.45, 7) is 17.1. The number of nitrogens with zero attached hydrogens (tertiary/aromatic N) is 6. The zero-order chi connectivity index (χ0) is 53.5. The average Bonchev–Trinajstić information content (AvgIpc) is 3.92. The molecule has 5 aromatic rings. The lowest BCUT2D eigenvalue weighted by Crippen LogP contribution is -2.39. The van der Waals surface area contributed by atoms with Crippen molar-refractivity contribution in [2.45, 2.75) is 109 Å². The summed E-state index contributed by atoms with van der Waals surface area (Å²) in [6.07, 6.45) is 7.09. The third-order valence-electron chi connectivity index (χ3n) is 14.1. The minimum absolute atomic E-state index is 0.0766. The van der Waals surface area contributed by atoms with E-state index in [1.165, 1.54) is 0 Å². The molecule has 0 aliphatic carbocycles. The normalized spacial score (nSPS) is 16.1. The molecule has 4 heterocycles. The van der Waals surface area contributed by atoms with Crippen LogP contribution in [0, 0.1) is 6.92 Å². The number of thioether (sulfide) groups is 1. The second-order valence-electron chi connectivity index (χ2n) is 20.9. The predicted molar refractivity (Wildman–Crippen MR) is 305 cm³/mol. The molecule has 0 bridgehead atoms. The fraction of sp³-hybridized carbons (Fsp3) is 0.426. The second-order valence-corrected chi connectivity index (χ2v) is 23.2. The number of ether oxygens (including phenoxy) is 5. The van der Waals surface area contributed by atoms with Crippen molar-refractivity contribution in [3.8, 4) is 17.2 Å². The lowest BCUT2D eigenvalue weighted by Gasteiger charge is -2.31. The van der Waals surface area contributed by atoms with Crippen LogP contribution in [0.5, 0.6) is 17.2 Å². The molecule has 0 unspecified atom stereocenters. The lowest BCUT2D eigenvalue weighted by atomic mass is 10.1. The smallest absolute Gasteiger partial charge is 0.261 e. The van der Waals surface area contributed by atoms with Gasteiger partial charge in [0.1, 0.15) is 19.0 Å². The number of fused-ring (bicyclic) bond motifs is 8. The maximum absolute atomic E-state index is 14.2. The van der Waals surface area contributed by atoms with E-state index in [2.05, 4.69) is 69.9 Å². The number of hydrogen-bond acceptors (Lipinski definition) is 12. The highest BCUT2D eigenvalue weighted by molar-refractivity contribution is 8.01. The van der Waals surface area contributed by atoms with Gasteiger partial charge in [-0.25, -0.2) is 0 Å². The van der Waals surface area contributed by atoms with Gasteiger partial charge in [-0.2, -0.15) is 11.8 Å². The third-order valence-corrected chi connectivity index (χ3v) is 15.3. The van der Waals surface area contributed by atoms with Crippen LogP contribution in [-0.4, -0.2) is 117 Å². The highest BCUT2D eigenvalue weighted by Gasteiger charge is 2.38. The van der Waals surface area contributed by atoms with Gasteiger partial charge in [0, 0.05) is 98.9 Å². The molecule has 2 atom stereocenters. The number of amides is 3. The van der Waals surface area contributed by atoms with Crippen LogP contribution in [-0.2, 0) is 40.3 Å². The van der Waals surface area contributed by atoms with E-state index in [0.717, 1.165) is 51.3 Å². The zero-order valence-electron chi connectivity index (χ0n) is 45.3. The van der Waals surface area contributed by atoms with Gasteiger partial charge >= 0.3 is 0 Å². The SMILES string of the molecule is CCCOCCOCCN(CCCC(=O)N(C)CC(C)(C)SC(C)C)c1cc(COc2cc3c(cc2C)C(=O)N2c4ccccc4C[C@H]2C=N3)cc(COc2cc3c(cc2OC)C(=O)N2c4ccccc4C[C@H]2C=N3)c1. The molecule has 0 saturated heterocycles. The van der Waals surface area contributed by atoms with Crippen molar-refractivity contribution in [2.75, 3.05) is 74.9 Å². The molecule has 0 N–H and O–H groups in total. The Labute approximate surface area is 452 Å². The largest absolute Gasteiger partial charge is 0.493 e. The van der Waals surface area contributed by atoms with Crippen LogP contribution in [0.4, 0.5) is 28.4 Å². The fourth-order valence-electron chi connectivity index (χ4n) is 10.8. The van der Waals surface area contributed by atoms with Crippen LogP contribution in [0.1, 0.15) is 102 Å². The number of hydrogen-bond donors (Lipinski definition) is 0. The van der Waals surface area contributed by atoms with Gasteiger partial charge in [0.05, 0.1) is 61.5 Å². The van der Waals surface area contributed by atoms with E-state index in [1.807, 2.05) is 101 Å². The first-order chi connectivity index (χ1) is 36.7. The van der Waals surface area contributed by atoms with Gasteiger partial charge in [-0.3, -0.25) is 34.2 Å². The molecule has 14 nitrogen and oxygen atoms in total. The van der Waals surface area contributed by atoms with Gasteiger partial charge in [0.15, 0.2) is 11.5 Å². The minimum atomic E-state index is -0.195. The molecule has 76 heavy (non-hydrogen) atoms. The van der Waals surface area contributed by atoms with Gasteiger partial charge in [0.2, 0.25) is 5.91 Å². The Balaban J connectivity index is 0.987. The van der Waals surface area contributed by atoms with Crippen molar-refractivity contribution in [1.29, 1.82) is 0 Å². The summed E-state index contributed by atoms with van der Waals surface area (Å²) in [7, 11) is 3.47. The summed E-state index contributed by atoms with van der Waals surface area (Å²) in [5.74, 6) is 1.38. The predicted octanol–water partition coefficient (Wildman–Crippen LogP) is 11.1. The molecule has 5 aromatic carbocycles. The number of carbonyl (C=O) groups is 3. The zero-order valence-corrected chi connectivity index (χ0v) is 46.1. The van der Waals surface area contributed by atoms with Crippen molar-refractivity contribution in [3.05, 3.63) is 130 Å². The number of rotatable bonds is 24. The van der Waals surface area contributed by atoms with Gasteiger partial charge in [-0.05, 0) is 109 Å². The van der Waals surface area contributed by atoms with Crippen molar-refractivity contribution in [1.82, 2.24) is 4.90 Å². The topological polar surface area (TPSA) is 135 Å². The van der Waals surface area contributed by atoms with E-state index in [1.54, 1.807) is 19.2 Å². The molecule has 0 fully saturated rings. The Morgan fingerprint density at radius 1 is 0.737 bits per heavy atom. The van der Waals surface area contributed by atoms with Crippen LogP contribution in [0.15, 0.2) is 101 Å². The molecule has 400 valence electrons. The molecule has 0 saturated carbocycles. The Bertz CT molecular complexity index is 2990. The van der Waals surface area contributed by atoms with Crippen LogP contribution >= 0.6 is 11.8 Å². The van der Waals surface area contributed by atoms with Crippen molar-refractivity contribution >= 4 is 70.3 Å². The summed E-state index contributed by atoms with van der Waals surface area (Å²) < 4.78 is 30.9. The lowest BCUT2D eigenvalue weighted by molar-refractivity contribution is -0.130. The van der Waals surface area contributed by atoms with Crippen LogP contribution < -0.4 is 28.9 Å². The Kier molecular flexibility index (Phi) is 17.2. The summed E-state index contributed by atoms with van der Waals surface area (Å²) in [4.78, 5) is 59.5. The number of aryl methyl sites for hydroxylation is 1. The minimum Gasteiger partial charge on any atom is -0.493 e. The molecule has 0 spiro atoms. The Morgan fingerprint density at radius 2 is 1.30 bits per heavy atom. The monoisotopic (exact) mass is 1050 g/mol. The summed E-state index contributed by atoms with van der Waals surface area (Å²) in [5.41, 5.74) is 9.59. The number of para-hydroxylation sites is 2. The van der Waals surface area contributed by atoms with E-state index in [4.69, 9.17) is 33.7 Å². The summed E-state index contributed by atoms with van der Waals surface area (Å²) in [5, 5.41) is 0.453.